The molecule has 2 atom stereocenters. The third kappa shape index (κ3) is 1.61. The number of rotatable bonds is 1. The van der Waals surface area contributed by atoms with Crippen LogP contribution in [0.1, 0.15) is 25.3 Å². The Labute approximate surface area is 89.3 Å². The maximum Gasteiger partial charge on any atom is 0.221 e. The SMILES string of the molecule is c1nc2n(n1)C(C1CCCNC1)CCN2. The summed E-state index contributed by atoms with van der Waals surface area (Å²) in [6.45, 7) is 3.33. The lowest BCUT2D eigenvalue weighted by Gasteiger charge is -2.34. The van der Waals surface area contributed by atoms with Gasteiger partial charge in [0.15, 0.2) is 0 Å². The molecule has 1 saturated heterocycles. The van der Waals surface area contributed by atoms with E-state index in [-0.39, 0.29) is 0 Å². The van der Waals surface area contributed by atoms with Crippen LogP contribution in [0.3, 0.4) is 0 Å². The van der Waals surface area contributed by atoms with Crippen molar-refractivity contribution in [2.45, 2.75) is 25.3 Å². The van der Waals surface area contributed by atoms with E-state index in [0.717, 1.165) is 25.0 Å². The first-order valence-electron chi connectivity index (χ1n) is 5.79. The van der Waals surface area contributed by atoms with Crippen LogP contribution in [0.4, 0.5) is 5.95 Å². The lowest BCUT2D eigenvalue weighted by atomic mass is 9.89. The van der Waals surface area contributed by atoms with Gasteiger partial charge in [0.2, 0.25) is 5.95 Å². The van der Waals surface area contributed by atoms with Gasteiger partial charge in [-0.1, -0.05) is 0 Å². The second-order valence-corrected chi connectivity index (χ2v) is 4.42. The molecule has 0 aliphatic carbocycles. The third-order valence-electron chi connectivity index (χ3n) is 3.49. The highest BCUT2D eigenvalue weighted by Gasteiger charge is 2.29. The Morgan fingerprint density at radius 2 is 2.33 bits per heavy atom. The van der Waals surface area contributed by atoms with Gasteiger partial charge in [-0.2, -0.15) is 10.1 Å². The van der Waals surface area contributed by atoms with E-state index in [1.54, 1.807) is 6.33 Å². The number of nitrogens with one attached hydrogen (secondary N) is 2. The predicted octanol–water partition coefficient (Wildman–Crippen LogP) is 0.634. The van der Waals surface area contributed by atoms with E-state index in [9.17, 15) is 0 Å². The fraction of sp³-hybridized carbons (Fsp3) is 0.800. The quantitative estimate of drug-likeness (QED) is 0.709. The molecule has 3 rings (SSSR count). The standard InChI is InChI=1S/C10H17N5/c1-2-8(6-11-4-1)9-3-5-12-10-13-7-14-15(9)10/h7-9,11H,1-6H2,(H,12,13,14). The van der Waals surface area contributed by atoms with Gasteiger partial charge in [0.25, 0.3) is 0 Å². The van der Waals surface area contributed by atoms with Crippen LogP contribution < -0.4 is 10.6 Å². The molecule has 82 valence electrons. The van der Waals surface area contributed by atoms with Crippen LogP contribution >= 0.6 is 0 Å². The van der Waals surface area contributed by atoms with Crippen LogP contribution in [0.15, 0.2) is 6.33 Å². The van der Waals surface area contributed by atoms with E-state index in [1.807, 2.05) is 0 Å². The minimum absolute atomic E-state index is 0.538. The largest absolute Gasteiger partial charge is 0.354 e. The summed E-state index contributed by atoms with van der Waals surface area (Å²) >= 11 is 0. The number of anilines is 1. The molecule has 0 aromatic carbocycles. The highest BCUT2D eigenvalue weighted by atomic mass is 15.4. The van der Waals surface area contributed by atoms with Crippen LogP contribution in [0, 0.1) is 5.92 Å². The molecule has 2 N–H and O–H groups in total. The smallest absolute Gasteiger partial charge is 0.221 e. The molecule has 1 aromatic heterocycles. The molecular weight excluding hydrogens is 190 g/mol. The number of hydrogen-bond donors (Lipinski definition) is 2. The molecule has 0 spiro atoms. The molecule has 2 unspecified atom stereocenters. The minimum Gasteiger partial charge on any atom is -0.354 e. The molecule has 0 saturated carbocycles. The molecule has 3 heterocycles. The number of nitrogens with zero attached hydrogens (tertiary/aromatic N) is 3. The summed E-state index contributed by atoms with van der Waals surface area (Å²) in [6.07, 6.45) is 5.43. The monoisotopic (exact) mass is 207 g/mol. The second-order valence-electron chi connectivity index (χ2n) is 4.42. The van der Waals surface area contributed by atoms with Crippen molar-refractivity contribution in [2.24, 2.45) is 5.92 Å². The van der Waals surface area contributed by atoms with Crippen molar-refractivity contribution < 1.29 is 0 Å². The van der Waals surface area contributed by atoms with Gasteiger partial charge in [-0.3, -0.25) is 0 Å². The van der Waals surface area contributed by atoms with Gasteiger partial charge in [-0.15, -0.1) is 0 Å². The van der Waals surface area contributed by atoms with Gasteiger partial charge in [0.05, 0.1) is 6.04 Å². The Balaban J connectivity index is 1.82. The summed E-state index contributed by atoms with van der Waals surface area (Å²) in [5.74, 6) is 1.66. The van der Waals surface area contributed by atoms with Crippen molar-refractivity contribution in [1.29, 1.82) is 0 Å². The molecule has 0 bridgehead atoms. The average molecular weight is 207 g/mol. The average Bonchev–Trinajstić information content (AvgIpc) is 2.78. The summed E-state index contributed by atoms with van der Waals surface area (Å²) in [5, 5.41) is 11.1. The van der Waals surface area contributed by atoms with Crippen LogP contribution in [0.2, 0.25) is 0 Å². The molecule has 2 aliphatic heterocycles. The molecule has 0 amide bonds. The third-order valence-corrected chi connectivity index (χ3v) is 3.49. The van der Waals surface area contributed by atoms with Crippen LogP contribution in [0.25, 0.3) is 0 Å². The van der Waals surface area contributed by atoms with Gasteiger partial charge in [0, 0.05) is 6.54 Å². The number of fused-ring (bicyclic) bond motifs is 1. The fourth-order valence-corrected chi connectivity index (χ4v) is 2.72. The van der Waals surface area contributed by atoms with Gasteiger partial charge in [-0.25, -0.2) is 4.68 Å². The van der Waals surface area contributed by atoms with Crippen molar-refractivity contribution in [3.05, 3.63) is 6.33 Å². The molecule has 0 radical (unpaired) electrons. The van der Waals surface area contributed by atoms with Gasteiger partial charge in [0.1, 0.15) is 6.33 Å². The first-order chi connectivity index (χ1) is 7.45. The van der Waals surface area contributed by atoms with Crippen molar-refractivity contribution in [3.63, 3.8) is 0 Å². The zero-order chi connectivity index (χ0) is 10.1. The first-order valence-corrected chi connectivity index (χ1v) is 5.79. The Hall–Kier alpha value is -1.10. The summed E-state index contributed by atoms with van der Waals surface area (Å²) in [5.41, 5.74) is 0. The lowest BCUT2D eigenvalue weighted by molar-refractivity contribution is 0.235. The van der Waals surface area contributed by atoms with E-state index < -0.39 is 0 Å². The molecule has 5 heteroatoms. The van der Waals surface area contributed by atoms with E-state index in [4.69, 9.17) is 0 Å². The zero-order valence-electron chi connectivity index (χ0n) is 8.82. The zero-order valence-corrected chi connectivity index (χ0v) is 8.82. The highest BCUT2D eigenvalue weighted by molar-refractivity contribution is 5.26. The van der Waals surface area contributed by atoms with Crippen molar-refractivity contribution >= 4 is 5.95 Å². The number of hydrogen-bond acceptors (Lipinski definition) is 4. The van der Waals surface area contributed by atoms with Crippen LogP contribution in [-0.2, 0) is 0 Å². The number of piperidine rings is 1. The molecule has 2 aliphatic rings. The molecule has 5 nitrogen and oxygen atoms in total. The Kier molecular flexibility index (Phi) is 2.32. The minimum atomic E-state index is 0.538. The first kappa shape index (κ1) is 9.15. The van der Waals surface area contributed by atoms with Gasteiger partial charge in [-0.05, 0) is 38.3 Å². The molecular formula is C10H17N5. The summed E-state index contributed by atoms with van der Waals surface area (Å²) in [6, 6.07) is 0.538. The normalized spacial score (nSPS) is 30.7. The second kappa shape index (κ2) is 3.81. The molecule has 1 fully saturated rings. The predicted molar refractivity (Wildman–Crippen MR) is 57.8 cm³/mol. The van der Waals surface area contributed by atoms with E-state index in [0.29, 0.717) is 6.04 Å². The van der Waals surface area contributed by atoms with Crippen molar-refractivity contribution in [1.82, 2.24) is 20.1 Å². The summed E-state index contributed by atoms with van der Waals surface area (Å²) in [4.78, 5) is 4.22. The Morgan fingerprint density at radius 3 is 3.20 bits per heavy atom. The van der Waals surface area contributed by atoms with Gasteiger partial charge >= 0.3 is 0 Å². The Bertz CT molecular complexity index is 328. The molecule has 15 heavy (non-hydrogen) atoms. The van der Waals surface area contributed by atoms with Gasteiger partial charge < -0.3 is 10.6 Å². The number of aromatic nitrogens is 3. The fourth-order valence-electron chi connectivity index (χ4n) is 2.72. The van der Waals surface area contributed by atoms with Crippen molar-refractivity contribution in [3.8, 4) is 0 Å². The topological polar surface area (TPSA) is 54.8 Å². The maximum atomic E-state index is 4.33. The summed E-state index contributed by atoms with van der Waals surface area (Å²) in [7, 11) is 0. The van der Waals surface area contributed by atoms with E-state index in [1.165, 1.54) is 25.8 Å². The lowest BCUT2D eigenvalue weighted by Crippen LogP contribution is -2.38. The van der Waals surface area contributed by atoms with Crippen molar-refractivity contribution in [2.75, 3.05) is 25.0 Å². The Morgan fingerprint density at radius 1 is 1.33 bits per heavy atom. The highest BCUT2D eigenvalue weighted by Crippen LogP contribution is 2.31. The maximum absolute atomic E-state index is 4.33. The van der Waals surface area contributed by atoms with Crippen LogP contribution in [0.5, 0.6) is 0 Å². The van der Waals surface area contributed by atoms with Crippen LogP contribution in [-0.4, -0.2) is 34.4 Å². The van der Waals surface area contributed by atoms with E-state index in [2.05, 4.69) is 25.4 Å². The molecule has 1 aromatic rings. The summed E-state index contributed by atoms with van der Waals surface area (Å²) < 4.78 is 2.07. The van der Waals surface area contributed by atoms with E-state index >= 15 is 0 Å².